The molecule has 0 fully saturated rings. The molecular formula is C15H18O4. The fourth-order valence-electron chi connectivity index (χ4n) is 1.58. The molecule has 0 bridgehead atoms. The first-order valence-corrected chi connectivity index (χ1v) is 6.04. The van der Waals surface area contributed by atoms with Gasteiger partial charge in [-0.05, 0) is 50.1 Å². The van der Waals surface area contributed by atoms with E-state index in [9.17, 15) is 9.59 Å². The standard InChI is InChI=1S/C15H18O4/c1-5-19-15(17)7-6-13(16)12-8-10(2)11(3)9-14(12)18-4/h6-9H,5H2,1-4H3/b7-6+. The van der Waals surface area contributed by atoms with E-state index < -0.39 is 5.97 Å². The van der Waals surface area contributed by atoms with Gasteiger partial charge in [0.2, 0.25) is 0 Å². The van der Waals surface area contributed by atoms with Gasteiger partial charge in [-0.2, -0.15) is 0 Å². The number of methoxy groups -OCH3 is 1. The Morgan fingerprint density at radius 3 is 2.37 bits per heavy atom. The van der Waals surface area contributed by atoms with Gasteiger partial charge in [0.15, 0.2) is 5.78 Å². The zero-order chi connectivity index (χ0) is 14.4. The molecule has 1 aromatic rings. The van der Waals surface area contributed by atoms with Gasteiger partial charge < -0.3 is 9.47 Å². The molecule has 0 heterocycles. The first-order valence-electron chi connectivity index (χ1n) is 6.04. The molecule has 0 atom stereocenters. The van der Waals surface area contributed by atoms with E-state index in [2.05, 4.69) is 0 Å². The summed E-state index contributed by atoms with van der Waals surface area (Å²) >= 11 is 0. The van der Waals surface area contributed by atoms with Gasteiger partial charge in [0.25, 0.3) is 0 Å². The summed E-state index contributed by atoms with van der Waals surface area (Å²) < 4.78 is 9.90. The monoisotopic (exact) mass is 262 g/mol. The Morgan fingerprint density at radius 1 is 1.16 bits per heavy atom. The van der Waals surface area contributed by atoms with Crippen molar-refractivity contribution >= 4 is 11.8 Å². The second-order valence-corrected chi connectivity index (χ2v) is 4.09. The van der Waals surface area contributed by atoms with E-state index >= 15 is 0 Å². The van der Waals surface area contributed by atoms with Crippen LogP contribution in [0.3, 0.4) is 0 Å². The Hall–Kier alpha value is -2.10. The Labute approximate surface area is 113 Å². The van der Waals surface area contributed by atoms with E-state index in [-0.39, 0.29) is 12.4 Å². The highest BCUT2D eigenvalue weighted by atomic mass is 16.5. The molecule has 19 heavy (non-hydrogen) atoms. The average molecular weight is 262 g/mol. The first-order chi connectivity index (χ1) is 8.99. The van der Waals surface area contributed by atoms with Crippen molar-refractivity contribution in [3.63, 3.8) is 0 Å². The predicted molar refractivity (Wildman–Crippen MR) is 72.6 cm³/mol. The van der Waals surface area contributed by atoms with E-state index in [4.69, 9.17) is 9.47 Å². The average Bonchev–Trinajstić information content (AvgIpc) is 2.39. The zero-order valence-corrected chi connectivity index (χ0v) is 11.6. The lowest BCUT2D eigenvalue weighted by molar-refractivity contribution is -0.137. The van der Waals surface area contributed by atoms with Crippen molar-refractivity contribution in [2.45, 2.75) is 20.8 Å². The largest absolute Gasteiger partial charge is 0.496 e. The van der Waals surface area contributed by atoms with Crippen molar-refractivity contribution < 1.29 is 19.1 Å². The molecule has 1 rings (SSSR count). The van der Waals surface area contributed by atoms with Crippen LogP contribution in [0.25, 0.3) is 0 Å². The molecule has 0 radical (unpaired) electrons. The topological polar surface area (TPSA) is 52.6 Å². The summed E-state index contributed by atoms with van der Waals surface area (Å²) in [6, 6.07) is 3.56. The maximum Gasteiger partial charge on any atom is 0.330 e. The quantitative estimate of drug-likeness (QED) is 0.465. The SMILES string of the molecule is CCOC(=O)/C=C/C(=O)c1cc(C)c(C)cc1OC. The van der Waals surface area contributed by atoms with Crippen molar-refractivity contribution in [3.8, 4) is 5.75 Å². The Kier molecular flexibility index (Phi) is 5.30. The Balaban J connectivity index is 2.99. The molecule has 0 saturated carbocycles. The van der Waals surface area contributed by atoms with Crippen LogP contribution in [0.2, 0.25) is 0 Å². The van der Waals surface area contributed by atoms with Gasteiger partial charge in [0.05, 0.1) is 19.3 Å². The summed E-state index contributed by atoms with van der Waals surface area (Å²) in [5.41, 5.74) is 2.47. The third-order valence-corrected chi connectivity index (χ3v) is 2.74. The second kappa shape index (κ2) is 6.73. The van der Waals surface area contributed by atoms with Crippen LogP contribution >= 0.6 is 0 Å². The highest BCUT2D eigenvalue weighted by Crippen LogP contribution is 2.23. The van der Waals surface area contributed by atoms with E-state index in [1.165, 1.54) is 13.2 Å². The number of hydrogen-bond acceptors (Lipinski definition) is 4. The number of allylic oxidation sites excluding steroid dienone is 1. The zero-order valence-electron chi connectivity index (χ0n) is 11.6. The molecule has 0 spiro atoms. The molecule has 0 aliphatic carbocycles. The summed E-state index contributed by atoms with van der Waals surface area (Å²) in [6.45, 7) is 5.85. The molecule has 0 amide bonds. The highest BCUT2D eigenvalue weighted by molar-refractivity contribution is 6.08. The number of esters is 1. The minimum atomic E-state index is -0.529. The van der Waals surface area contributed by atoms with Crippen molar-refractivity contribution in [3.05, 3.63) is 41.0 Å². The molecule has 0 aliphatic heterocycles. The fourth-order valence-corrected chi connectivity index (χ4v) is 1.58. The molecule has 0 aromatic heterocycles. The molecule has 102 valence electrons. The lowest BCUT2D eigenvalue weighted by atomic mass is 10.0. The minimum absolute atomic E-state index is 0.282. The van der Waals surface area contributed by atoms with Gasteiger partial charge in [0, 0.05) is 6.08 Å². The first kappa shape index (κ1) is 15.0. The van der Waals surface area contributed by atoms with Gasteiger partial charge in [-0.3, -0.25) is 4.79 Å². The molecule has 0 N–H and O–H groups in total. The van der Waals surface area contributed by atoms with Gasteiger partial charge in [0.1, 0.15) is 5.75 Å². The van der Waals surface area contributed by atoms with Crippen LogP contribution in [0.5, 0.6) is 5.75 Å². The van der Waals surface area contributed by atoms with Crippen molar-refractivity contribution in [2.24, 2.45) is 0 Å². The van der Waals surface area contributed by atoms with Crippen molar-refractivity contribution in [1.82, 2.24) is 0 Å². The molecule has 1 aromatic carbocycles. The fraction of sp³-hybridized carbons (Fsp3) is 0.333. The smallest absolute Gasteiger partial charge is 0.330 e. The summed E-state index contributed by atoms with van der Waals surface area (Å²) in [5, 5.41) is 0. The van der Waals surface area contributed by atoms with Gasteiger partial charge in [-0.25, -0.2) is 4.79 Å². The van der Waals surface area contributed by atoms with Gasteiger partial charge >= 0.3 is 5.97 Å². The molecule has 0 saturated heterocycles. The van der Waals surface area contributed by atoms with Crippen LogP contribution < -0.4 is 4.74 Å². The molecule has 0 unspecified atom stereocenters. The normalized spacial score (nSPS) is 10.5. The molecule has 4 heteroatoms. The van der Waals surface area contributed by atoms with Crippen LogP contribution in [-0.4, -0.2) is 25.5 Å². The van der Waals surface area contributed by atoms with Crippen LogP contribution in [0.15, 0.2) is 24.3 Å². The molecular weight excluding hydrogens is 244 g/mol. The van der Waals surface area contributed by atoms with Crippen LogP contribution in [0, 0.1) is 13.8 Å². The molecule has 4 nitrogen and oxygen atoms in total. The van der Waals surface area contributed by atoms with Crippen molar-refractivity contribution in [2.75, 3.05) is 13.7 Å². The van der Waals surface area contributed by atoms with Crippen LogP contribution in [-0.2, 0) is 9.53 Å². The Morgan fingerprint density at radius 2 is 1.79 bits per heavy atom. The lowest BCUT2D eigenvalue weighted by Gasteiger charge is -2.09. The van der Waals surface area contributed by atoms with E-state index in [0.29, 0.717) is 11.3 Å². The molecule has 0 aliphatic rings. The van der Waals surface area contributed by atoms with Crippen molar-refractivity contribution in [1.29, 1.82) is 0 Å². The maximum absolute atomic E-state index is 12.0. The van der Waals surface area contributed by atoms with E-state index in [1.807, 2.05) is 13.8 Å². The van der Waals surface area contributed by atoms with Gasteiger partial charge in [-0.15, -0.1) is 0 Å². The highest BCUT2D eigenvalue weighted by Gasteiger charge is 2.12. The van der Waals surface area contributed by atoms with E-state index in [0.717, 1.165) is 17.2 Å². The lowest BCUT2D eigenvalue weighted by Crippen LogP contribution is -2.04. The van der Waals surface area contributed by atoms with Crippen LogP contribution in [0.1, 0.15) is 28.4 Å². The Bertz CT molecular complexity index is 515. The number of aryl methyl sites for hydroxylation is 2. The third kappa shape index (κ3) is 3.95. The number of ether oxygens (including phenoxy) is 2. The van der Waals surface area contributed by atoms with Crippen LogP contribution in [0.4, 0.5) is 0 Å². The van der Waals surface area contributed by atoms with Gasteiger partial charge in [-0.1, -0.05) is 0 Å². The number of benzene rings is 1. The summed E-state index contributed by atoms with van der Waals surface area (Å²) in [6.07, 6.45) is 2.32. The summed E-state index contributed by atoms with van der Waals surface area (Å²) in [4.78, 5) is 23.2. The summed E-state index contributed by atoms with van der Waals surface area (Å²) in [5.74, 6) is -0.312. The number of hydrogen-bond donors (Lipinski definition) is 0. The third-order valence-electron chi connectivity index (χ3n) is 2.74. The predicted octanol–water partition coefficient (Wildman–Crippen LogP) is 2.61. The maximum atomic E-state index is 12.0. The minimum Gasteiger partial charge on any atom is -0.496 e. The second-order valence-electron chi connectivity index (χ2n) is 4.09. The number of ketones is 1. The number of rotatable bonds is 5. The summed E-state index contributed by atoms with van der Waals surface area (Å²) in [7, 11) is 1.51. The number of carbonyl (C=O) groups excluding carboxylic acids is 2. The van der Waals surface area contributed by atoms with E-state index in [1.54, 1.807) is 19.1 Å². The number of carbonyl (C=O) groups is 2.